The Hall–Kier alpha value is -0.740. The normalized spacial score (nSPS) is 50.1. The van der Waals surface area contributed by atoms with Crippen molar-refractivity contribution in [2.45, 2.75) is 85.4 Å². The standard InChI is InChI=1S/C26H40O4/c1-5-17-21-14-16(27)8-10-26(21,4)20-9-11-25(3)18(15(2)24-29-12-13-30-24)6-7-19(25)22(20)23(17)28/h15,17-22,24H,5-14H2,1-4H3/t15-,17-,18?,19?,20?,21?,22?,25+,26+/m0/s1. The molecule has 1 heterocycles. The van der Waals surface area contributed by atoms with Crippen molar-refractivity contribution in [1.82, 2.24) is 0 Å². The van der Waals surface area contributed by atoms with Crippen LogP contribution in [0.5, 0.6) is 0 Å². The van der Waals surface area contributed by atoms with Gasteiger partial charge in [-0.3, -0.25) is 9.59 Å². The van der Waals surface area contributed by atoms with Gasteiger partial charge in [-0.2, -0.15) is 0 Å². The summed E-state index contributed by atoms with van der Waals surface area (Å²) in [6.45, 7) is 10.8. The Morgan fingerprint density at radius 2 is 1.67 bits per heavy atom. The number of hydrogen-bond acceptors (Lipinski definition) is 4. The number of rotatable bonds is 3. The molecular formula is C26H40O4. The van der Waals surface area contributed by atoms with Gasteiger partial charge in [0.15, 0.2) is 6.29 Å². The molecule has 0 aromatic rings. The van der Waals surface area contributed by atoms with Crippen LogP contribution in [0.1, 0.15) is 79.1 Å². The van der Waals surface area contributed by atoms with Crippen molar-refractivity contribution in [2.24, 2.45) is 52.3 Å². The number of ether oxygens (including phenoxy) is 2. The van der Waals surface area contributed by atoms with Crippen LogP contribution >= 0.6 is 0 Å². The Bertz CT molecular complexity index is 712. The molecule has 4 heteroatoms. The summed E-state index contributed by atoms with van der Waals surface area (Å²) in [5, 5.41) is 0. The number of Topliss-reactive ketones (excluding diaryl/α,β-unsaturated/α-hetero) is 2. The molecule has 30 heavy (non-hydrogen) atoms. The van der Waals surface area contributed by atoms with Crippen LogP contribution in [0.2, 0.25) is 0 Å². The summed E-state index contributed by atoms with van der Waals surface area (Å²) in [7, 11) is 0. The largest absolute Gasteiger partial charge is 0.350 e. The Kier molecular flexibility index (Phi) is 5.21. The van der Waals surface area contributed by atoms with E-state index in [1.165, 1.54) is 19.3 Å². The van der Waals surface area contributed by atoms with Gasteiger partial charge in [-0.05, 0) is 73.0 Å². The monoisotopic (exact) mass is 416 g/mol. The van der Waals surface area contributed by atoms with E-state index in [4.69, 9.17) is 9.47 Å². The Morgan fingerprint density at radius 1 is 0.967 bits per heavy atom. The quantitative estimate of drug-likeness (QED) is 0.647. The molecule has 0 N–H and O–H groups in total. The van der Waals surface area contributed by atoms with Crippen LogP contribution in [0, 0.1) is 52.3 Å². The molecule has 0 aromatic heterocycles. The zero-order chi connectivity index (χ0) is 21.3. The van der Waals surface area contributed by atoms with Crippen molar-refractivity contribution in [2.75, 3.05) is 13.2 Å². The van der Waals surface area contributed by atoms with E-state index in [1.54, 1.807) is 0 Å². The second-order valence-corrected chi connectivity index (χ2v) is 11.7. The number of hydrogen-bond donors (Lipinski definition) is 0. The van der Waals surface area contributed by atoms with Gasteiger partial charge in [0, 0.05) is 30.6 Å². The van der Waals surface area contributed by atoms with Crippen LogP contribution in [-0.4, -0.2) is 31.1 Å². The van der Waals surface area contributed by atoms with Gasteiger partial charge in [0.1, 0.15) is 11.6 Å². The number of ketones is 2. The first-order valence-electron chi connectivity index (χ1n) is 12.6. The molecule has 0 bridgehead atoms. The second kappa shape index (κ2) is 7.40. The van der Waals surface area contributed by atoms with Crippen molar-refractivity contribution in [3.8, 4) is 0 Å². The molecule has 1 aliphatic heterocycles. The summed E-state index contributed by atoms with van der Waals surface area (Å²) >= 11 is 0. The minimum atomic E-state index is -0.0694. The third-order valence-electron chi connectivity index (χ3n) is 10.8. The topological polar surface area (TPSA) is 52.6 Å². The second-order valence-electron chi connectivity index (χ2n) is 11.7. The maximum Gasteiger partial charge on any atom is 0.160 e. The predicted molar refractivity (Wildman–Crippen MR) is 115 cm³/mol. The molecule has 5 aliphatic rings. The lowest BCUT2D eigenvalue weighted by atomic mass is 9.42. The van der Waals surface area contributed by atoms with Crippen LogP contribution in [0.4, 0.5) is 0 Å². The first-order valence-corrected chi connectivity index (χ1v) is 12.6. The summed E-state index contributed by atoms with van der Waals surface area (Å²) in [5.74, 6) is 3.36. The van der Waals surface area contributed by atoms with Gasteiger partial charge in [0.05, 0.1) is 13.2 Å². The lowest BCUT2D eigenvalue weighted by Gasteiger charge is -2.61. The van der Waals surface area contributed by atoms with Crippen LogP contribution in [-0.2, 0) is 19.1 Å². The SMILES string of the molecule is CC[C@@H]1C(=O)C2C3CCC([C@H](C)C4OCCO4)[C@@]3(C)CCC2[C@@]2(C)CCC(=O)CC12. The number of fused-ring (bicyclic) bond motifs is 5. The molecule has 1 saturated heterocycles. The highest BCUT2D eigenvalue weighted by atomic mass is 16.7. The van der Waals surface area contributed by atoms with Gasteiger partial charge >= 0.3 is 0 Å². The molecule has 0 amide bonds. The number of carbonyl (C=O) groups excluding carboxylic acids is 2. The van der Waals surface area contributed by atoms with E-state index in [2.05, 4.69) is 27.7 Å². The van der Waals surface area contributed by atoms with E-state index in [1.807, 2.05) is 0 Å². The smallest absolute Gasteiger partial charge is 0.160 e. The van der Waals surface area contributed by atoms with Gasteiger partial charge in [-0.25, -0.2) is 0 Å². The van der Waals surface area contributed by atoms with E-state index < -0.39 is 0 Å². The van der Waals surface area contributed by atoms with E-state index >= 15 is 0 Å². The molecule has 4 saturated carbocycles. The predicted octanol–water partition coefficient (Wildman–Crippen LogP) is 5.04. The van der Waals surface area contributed by atoms with Crippen LogP contribution in [0.3, 0.4) is 0 Å². The molecule has 168 valence electrons. The van der Waals surface area contributed by atoms with Gasteiger partial charge in [0.25, 0.3) is 0 Å². The van der Waals surface area contributed by atoms with E-state index in [0.29, 0.717) is 54.9 Å². The Labute approximate surface area is 181 Å². The fourth-order valence-corrected chi connectivity index (χ4v) is 9.22. The van der Waals surface area contributed by atoms with Crippen LogP contribution in [0.15, 0.2) is 0 Å². The lowest BCUT2D eigenvalue weighted by Crippen LogP contribution is -2.60. The maximum absolute atomic E-state index is 14.0. The average molecular weight is 417 g/mol. The average Bonchev–Trinajstić information content (AvgIpc) is 3.37. The highest BCUT2D eigenvalue weighted by Gasteiger charge is 2.65. The Morgan fingerprint density at radius 3 is 2.37 bits per heavy atom. The van der Waals surface area contributed by atoms with Crippen LogP contribution < -0.4 is 0 Å². The first-order chi connectivity index (χ1) is 14.3. The minimum absolute atomic E-state index is 0.0694. The summed E-state index contributed by atoms with van der Waals surface area (Å²) in [6.07, 6.45) is 7.90. The van der Waals surface area contributed by atoms with Gasteiger partial charge < -0.3 is 9.47 Å². The molecular weight excluding hydrogens is 376 g/mol. The maximum atomic E-state index is 14.0. The summed E-state index contributed by atoms with van der Waals surface area (Å²) < 4.78 is 11.8. The fourth-order valence-electron chi connectivity index (χ4n) is 9.22. The molecule has 0 spiro atoms. The van der Waals surface area contributed by atoms with E-state index in [0.717, 1.165) is 25.7 Å². The van der Waals surface area contributed by atoms with Crippen molar-refractivity contribution in [1.29, 1.82) is 0 Å². The first kappa shape index (κ1) is 21.1. The van der Waals surface area contributed by atoms with E-state index in [9.17, 15) is 9.59 Å². The number of carbonyl (C=O) groups is 2. The highest BCUT2D eigenvalue weighted by Crippen LogP contribution is 2.68. The summed E-state index contributed by atoms with van der Waals surface area (Å²) in [4.78, 5) is 26.3. The Balaban J connectivity index is 1.46. The molecule has 0 radical (unpaired) electrons. The fraction of sp³-hybridized carbons (Fsp3) is 0.923. The zero-order valence-corrected chi connectivity index (χ0v) is 19.3. The van der Waals surface area contributed by atoms with E-state index in [-0.39, 0.29) is 34.9 Å². The van der Waals surface area contributed by atoms with Crippen molar-refractivity contribution >= 4 is 11.6 Å². The summed E-state index contributed by atoms with van der Waals surface area (Å²) in [6, 6.07) is 0. The molecule has 5 unspecified atom stereocenters. The van der Waals surface area contributed by atoms with Crippen molar-refractivity contribution < 1.29 is 19.1 Å². The third-order valence-corrected chi connectivity index (χ3v) is 10.8. The molecule has 0 aromatic carbocycles. The van der Waals surface area contributed by atoms with Gasteiger partial charge in [0.2, 0.25) is 0 Å². The molecule has 5 rings (SSSR count). The molecule has 9 atom stereocenters. The highest BCUT2D eigenvalue weighted by molar-refractivity contribution is 5.88. The zero-order valence-electron chi connectivity index (χ0n) is 19.3. The van der Waals surface area contributed by atoms with Crippen molar-refractivity contribution in [3.63, 3.8) is 0 Å². The lowest BCUT2D eigenvalue weighted by molar-refractivity contribution is -0.173. The molecule has 4 nitrogen and oxygen atoms in total. The van der Waals surface area contributed by atoms with Crippen molar-refractivity contribution in [3.05, 3.63) is 0 Å². The van der Waals surface area contributed by atoms with Gasteiger partial charge in [-0.15, -0.1) is 0 Å². The third kappa shape index (κ3) is 2.85. The van der Waals surface area contributed by atoms with Gasteiger partial charge in [-0.1, -0.05) is 27.7 Å². The molecule has 4 aliphatic carbocycles. The minimum Gasteiger partial charge on any atom is -0.350 e. The molecule has 5 fully saturated rings. The van der Waals surface area contributed by atoms with Crippen LogP contribution in [0.25, 0.3) is 0 Å². The summed E-state index contributed by atoms with van der Waals surface area (Å²) in [5.41, 5.74) is 0.368.